The largest absolute Gasteiger partial charge is 0.375 e. The molecule has 4 rings (SSSR count). The van der Waals surface area contributed by atoms with Crippen LogP contribution in [0.5, 0.6) is 0 Å². The monoisotopic (exact) mass is 480 g/mol. The van der Waals surface area contributed by atoms with Gasteiger partial charge in [-0.15, -0.1) is 0 Å². The fraction of sp³-hybridized carbons (Fsp3) is 0.600. The van der Waals surface area contributed by atoms with Gasteiger partial charge < -0.3 is 14.5 Å². The van der Waals surface area contributed by atoms with Crippen LogP contribution in [0.1, 0.15) is 45.1 Å². The zero-order valence-electron chi connectivity index (χ0n) is 19.3. The first-order valence-corrected chi connectivity index (χ1v) is 11.8. The molecule has 1 aromatic carbocycles. The lowest BCUT2D eigenvalue weighted by atomic mass is 9.66. The van der Waals surface area contributed by atoms with E-state index in [4.69, 9.17) is 16.3 Å². The highest BCUT2D eigenvalue weighted by molar-refractivity contribution is 6.31. The van der Waals surface area contributed by atoms with Gasteiger partial charge in [0.2, 0.25) is 11.8 Å². The second kappa shape index (κ2) is 8.35. The molecule has 3 aliphatic heterocycles. The molecule has 8 heteroatoms. The van der Waals surface area contributed by atoms with Gasteiger partial charge in [-0.3, -0.25) is 9.59 Å². The highest BCUT2D eigenvalue weighted by atomic mass is 35.5. The average Bonchev–Trinajstić information content (AvgIpc) is 2.73. The van der Waals surface area contributed by atoms with Crippen LogP contribution < -0.4 is 0 Å². The van der Waals surface area contributed by atoms with Crippen molar-refractivity contribution in [3.8, 4) is 0 Å². The Balaban J connectivity index is 1.57. The minimum absolute atomic E-state index is 0.0137. The molecular weight excluding hydrogens is 450 g/mol. The maximum atomic E-state index is 15.6. The van der Waals surface area contributed by atoms with Crippen LogP contribution >= 0.6 is 11.6 Å². The lowest BCUT2D eigenvalue weighted by Crippen LogP contribution is -2.74. The second-order valence-electron chi connectivity index (χ2n) is 10.3. The first-order chi connectivity index (χ1) is 15.4. The van der Waals surface area contributed by atoms with Crippen LogP contribution in [0.4, 0.5) is 8.78 Å². The zero-order valence-corrected chi connectivity index (χ0v) is 20.1. The summed E-state index contributed by atoms with van der Waals surface area (Å²) in [5.74, 6) is -4.60. The summed E-state index contributed by atoms with van der Waals surface area (Å²) in [7, 11) is 0. The molecule has 3 saturated heterocycles. The van der Waals surface area contributed by atoms with E-state index >= 15 is 8.78 Å². The zero-order chi connectivity index (χ0) is 24.2. The fourth-order valence-corrected chi connectivity index (χ4v) is 5.97. The Kier molecular flexibility index (Phi) is 6.11. The number of likely N-dealkylation sites (tertiary alicyclic amines) is 2. The number of benzene rings is 1. The van der Waals surface area contributed by atoms with Crippen molar-refractivity contribution >= 4 is 23.4 Å². The van der Waals surface area contributed by atoms with Gasteiger partial charge in [-0.2, -0.15) is 0 Å². The molecule has 0 aliphatic carbocycles. The Hall–Kier alpha value is -1.99. The molecule has 1 aromatic rings. The minimum atomic E-state index is -3.12. The van der Waals surface area contributed by atoms with Gasteiger partial charge in [0, 0.05) is 30.6 Å². The number of alkyl halides is 2. The normalized spacial score (nSPS) is 29.9. The van der Waals surface area contributed by atoms with E-state index in [2.05, 4.69) is 6.58 Å². The van der Waals surface area contributed by atoms with Crippen molar-refractivity contribution in [2.75, 3.05) is 26.2 Å². The van der Waals surface area contributed by atoms with E-state index < -0.39 is 28.9 Å². The second-order valence-corrected chi connectivity index (χ2v) is 10.7. The summed E-state index contributed by atoms with van der Waals surface area (Å²) in [6.45, 7) is 9.12. The molecule has 3 fully saturated rings. The maximum absolute atomic E-state index is 15.6. The molecule has 5 nitrogen and oxygen atoms in total. The number of nitrogens with zero attached hydrogens (tertiary/aromatic N) is 2. The van der Waals surface area contributed by atoms with Crippen LogP contribution in [0.2, 0.25) is 5.02 Å². The van der Waals surface area contributed by atoms with Gasteiger partial charge >= 0.3 is 0 Å². The Labute approximate surface area is 198 Å². The molecule has 0 radical (unpaired) electrons. The summed E-state index contributed by atoms with van der Waals surface area (Å²) in [6.07, 6.45) is 1.85. The number of piperidine rings is 1. The van der Waals surface area contributed by atoms with Crippen molar-refractivity contribution in [3.05, 3.63) is 47.5 Å². The smallest absolute Gasteiger partial charge is 0.276 e. The summed E-state index contributed by atoms with van der Waals surface area (Å²) >= 11 is 6.47. The number of hydrogen-bond donors (Lipinski definition) is 0. The summed E-state index contributed by atoms with van der Waals surface area (Å²) < 4.78 is 37.2. The van der Waals surface area contributed by atoms with Crippen molar-refractivity contribution in [1.82, 2.24) is 9.80 Å². The lowest BCUT2D eigenvalue weighted by molar-refractivity contribution is -0.245. The number of carbonyl (C=O) groups is 2. The Bertz CT molecular complexity index is 961. The van der Waals surface area contributed by atoms with Crippen molar-refractivity contribution in [2.45, 2.75) is 57.1 Å². The van der Waals surface area contributed by atoms with Gasteiger partial charge in [0.25, 0.3) is 5.92 Å². The minimum Gasteiger partial charge on any atom is -0.375 e. The van der Waals surface area contributed by atoms with E-state index in [9.17, 15) is 9.59 Å². The molecule has 33 heavy (non-hydrogen) atoms. The predicted octanol–water partition coefficient (Wildman–Crippen LogP) is 4.51. The van der Waals surface area contributed by atoms with Gasteiger partial charge in [0.05, 0.1) is 29.6 Å². The number of carbonyl (C=O) groups excluding carboxylic acids is 2. The number of rotatable bonds is 3. The van der Waals surface area contributed by atoms with Crippen molar-refractivity contribution < 1.29 is 23.1 Å². The number of amides is 2. The molecule has 180 valence electrons. The third-order valence-electron chi connectivity index (χ3n) is 7.76. The summed E-state index contributed by atoms with van der Waals surface area (Å²) in [5, 5.41) is 0.565. The Morgan fingerprint density at radius 3 is 2.55 bits per heavy atom. The van der Waals surface area contributed by atoms with E-state index in [0.29, 0.717) is 11.4 Å². The average molecular weight is 481 g/mol. The van der Waals surface area contributed by atoms with E-state index in [-0.39, 0.29) is 50.4 Å². The van der Waals surface area contributed by atoms with Gasteiger partial charge in [-0.1, -0.05) is 36.4 Å². The van der Waals surface area contributed by atoms with Crippen LogP contribution in [0.25, 0.3) is 0 Å². The van der Waals surface area contributed by atoms with E-state index in [1.807, 2.05) is 32.0 Å². The van der Waals surface area contributed by atoms with Crippen LogP contribution in [0.15, 0.2) is 36.9 Å². The number of ether oxygens (including phenoxy) is 1. The topological polar surface area (TPSA) is 49.9 Å². The van der Waals surface area contributed by atoms with E-state index in [1.54, 1.807) is 6.07 Å². The van der Waals surface area contributed by atoms with Crippen LogP contribution in [-0.4, -0.2) is 65.4 Å². The first-order valence-electron chi connectivity index (χ1n) is 11.4. The fourth-order valence-electron chi connectivity index (χ4n) is 5.69. The van der Waals surface area contributed by atoms with Crippen molar-refractivity contribution in [2.24, 2.45) is 11.3 Å². The third kappa shape index (κ3) is 3.97. The van der Waals surface area contributed by atoms with Gasteiger partial charge in [-0.05, 0) is 51.3 Å². The van der Waals surface area contributed by atoms with Crippen molar-refractivity contribution in [3.63, 3.8) is 0 Å². The summed E-state index contributed by atoms with van der Waals surface area (Å²) in [5.41, 5.74) is -0.899. The van der Waals surface area contributed by atoms with Gasteiger partial charge in [-0.25, -0.2) is 8.78 Å². The molecule has 0 N–H and O–H groups in total. The molecule has 3 heterocycles. The molecule has 3 aliphatic rings. The third-order valence-corrected chi connectivity index (χ3v) is 8.10. The predicted molar refractivity (Wildman–Crippen MR) is 122 cm³/mol. The van der Waals surface area contributed by atoms with Gasteiger partial charge in [0.15, 0.2) is 0 Å². The summed E-state index contributed by atoms with van der Waals surface area (Å²) in [4.78, 5) is 28.2. The number of hydrogen-bond acceptors (Lipinski definition) is 3. The first kappa shape index (κ1) is 24.1. The molecule has 2 amide bonds. The van der Waals surface area contributed by atoms with E-state index in [1.165, 1.54) is 16.7 Å². The molecule has 3 atom stereocenters. The molecule has 0 saturated carbocycles. The van der Waals surface area contributed by atoms with Gasteiger partial charge in [0.1, 0.15) is 0 Å². The SMILES string of the molecule is C=CC(=O)N1CC2(CCN(C(=O)[C@H]3COC(C)(C)C[C@@H]3c3ccccc3Cl)[C@H](C)C2(F)F)C1. The summed E-state index contributed by atoms with van der Waals surface area (Å²) in [6, 6.07) is 6.12. The number of halogens is 3. The molecule has 1 spiro atoms. The van der Waals surface area contributed by atoms with Crippen LogP contribution in [0, 0.1) is 11.3 Å². The maximum Gasteiger partial charge on any atom is 0.276 e. The Morgan fingerprint density at radius 1 is 1.24 bits per heavy atom. The lowest BCUT2D eigenvalue weighted by Gasteiger charge is -2.59. The Morgan fingerprint density at radius 2 is 1.91 bits per heavy atom. The molecule has 0 aromatic heterocycles. The van der Waals surface area contributed by atoms with Crippen LogP contribution in [-0.2, 0) is 14.3 Å². The molecular formula is C25H31ClF2N2O3. The van der Waals surface area contributed by atoms with Crippen LogP contribution in [0.3, 0.4) is 0 Å². The molecule has 0 unspecified atom stereocenters. The standard InChI is InChI=1S/C25H31ClF2N2O3/c1-5-21(31)29-14-24(15-29)10-11-30(16(2)25(24,27)28)22(32)19-13-33-23(3,4)12-18(19)17-8-6-7-9-20(17)26/h5-9,16,18-19H,1,10-15H2,2-4H3/t16-,18-,19+/m1/s1. The van der Waals surface area contributed by atoms with E-state index in [0.717, 1.165) is 11.6 Å². The highest BCUT2D eigenvalue weighted by Gasteiger charge is 2.67. The quantitative estimate of drug-likeness (QED) is 0.598. The highest BCUT2D eigenvalue weighted by Crippen LogP contribution is 2.53. The van der Waals surface area contributed by atoms with Crippen molar-refractivity contribution in [1.29, 1.82) is 0 Å². The molecule has 0 bridgehead atoms.